The molecule has 0 aliphatic carbocycles. The molecule has 0 N–H and O–H groups in total. The summed E-state index contributed by atoms with van der Waals surface area (Å²) < 4.78 is 4.49. The molecule has 2 aromatic heterocycles. The molecule has 0 spiro atoms. The van der Waals surface area contributed by atoms with Gasteiger partial charge in [-0.1, -0.05) is 91.0 Å². The van der Waals surface area contributed by atoms with Gasteiger partial charge >= 0.3 is 0 Å². The molecule has 7 aromatic carbocycles. The molecule has 9 aromatic rings. The highest BCUT2D eigenvalue weighted by Crippen LogP contribution is 2.45. The fourth-order valence-electron chi connectivity index (χ4n) is 7.44. The number of hydrogen-bond donors (Lipinski definition) is 0. The Morgan fingerprint density at radius 2 is 1.12 bits per heavy atom. The van der Waals surface area contributed by atoms with Crippen molar-refractivity contribution in [2.45, 2.75) is 0 Å². The quantitative estimate of drug-likeness (QED) is 0.177. The lowest BCUT2D eigenvalue weighted by Crippen LogP contribution is -1.98. The Labute approximate surface area is 288 Å². The fraction of sp³-hybridized carbons (Fsp3) is 0. The van der Waals surface area contributed by atoms with Crippen molar-refractivity contribution in [1.82, 2.24) is 9.13 Å². The van der Waals surface area contributed by atoms with E-state index in [1.807, 2.05) is 60.7 Å². The van der Waals surface area contributed by atoms with Crippen LogP contribution in [0.3, 0.4) is 0 Å². The Bertz CT molecular complexity index is 2830. The number of nitriles is 1. The van der Waals surface area contributed by atoms with E-state index in [0.29, 0.717) is 16.9 Å². The van der Waals surface area contributed by atoms with Crippen molar-refractivity contribution >= 4 is 55.0 Å². The standard InChI is InChI=1S/C45H25N5/c1-47-31-21-25-44-38(27-31)37-26-29(28-46)18-24-43(37)50(44)42-17-8-5-12-36(42)45-33(13-9-14-39(45)48-2)30-19-22-32(23-20-30)49-40-15-6-3-10-34(40)35-11-4-7-16-41(35)49/h3-27H. The van der Waals surface area contributed by atoms with E-state index in [9.17, 15) is 5.26 Å². The number of hydrogen-bond acceptors (Lipinski definition) is 1. The molecule has 0 radical (unpaired) electrons. The minimum atomic E-state index is 0.539. The topological polar surface area (TPSA) is 42.4 Å². The van der Waals surface area contributed by atoms with Gasteiger partial charge in [-0.05, 0) is 88.3 Å². The van der Waals surface area contributed by atoms with Crippen molar-refractivity contribution in [3.8, 4) is 39.7 Å². The third-order valence-electron chi connectivity index (χ3n) is 9.60. The van der Waals surface area contributed by atoms with Crippen LogP contribution in [0.5, 0.6) is 0 Å². The van der Waals surface area contributed by atoms with Gasteiger partial charge in [0.1, 0.15) is 0 Å². The summed E-state index contributed by atoms with van der Waals surface area (Å²) in [6, 6.07) is 53.3. The number of rotatable bonds is 4. The van der Waals surface area contributed by atoms with Crippen LogP contribution in [0.15, 0.2) is 152 Å². The highest BCUT2D eigenvalue weighted by molar-refractivity contribution is 6.12. The Morgan fingerprint density at radius 3 is 1.82 bits per heavy atom. The third-order valence-corrected chi connectivity index (χ3v) is 9.60. The van der Waals surface area contributed by atoms with Crippen LogP contribution in [0.2, 0.25) is 0 Å². The Kier molecular flexibility index (Phi) is 6.56. The highest BCUT2D eigenvalue weighted by Gasteiger charge is 2.21. The second-order valence-corrected chi connectivity index (χ2v) is 12.2. The first kappa shape index (κ1) is 28.8. The molecule has 2 heterocycles. The minimum Gasteiger partial charge on any atom is -0.309 e. The molecule has 5 heteroatoms. The van der Waals surface area contributed by atoms with Crippen molar-refractivity contribution in [3.63, 3.8) is 0 Å². The maximum absolute atomic E-state index is 9.71. The molecule has 0 saturated heterocycles. The smallest absolute Gasteiger partial charge is 0.195 e. The third kappa shape index (κ3) is 4.31. The van der Waals surface area contributed by atoms with Gasteiger partial charge in [0, 0.05) is 21.8 Å². The Morgan fingerprint density at radius 1 is 0.500 bits per heavy atom. The zero-order valence-electron chi connectivity index (χ0n) is 26.7. The molecule has 0 aliphatic heterocycles. The van der Waals surface area contributed by atoms with Crippen LogP contribution in [0.4, 0.5) is 11.4 Å². The molecule has 0 atom stereocenters. The van der Waals surface area contributed by atoms with Crippen molar-refractivity contribution in [3.05, 3.63) is 180 Å². The maximum atomic E-state index is 9.71. The first-order valence-corrected chi connectivity index (χ1v) is 16.2. The van der Waals surface area contributed by atoms with E-state index in [4.69, 9.17) is 13.1 Å². The monoisotopic (exact) mass is 635 g/mol. The van der Waals surface area contributed by atoms with Gasteiger partial charge in [0.25, 0.3) is 0 Å². The molecule has 0 amide bonds. The van der Waals surface area contributed by atoms with E-state index in [-0.39, 0.29) is 0 Å². The molecule has 0 unspecified atom stereocenters. The fourth-order valence-corrected chi connectivity index (χ4v) is 7.44. The van der Waals surface area contributed by atoms with E-state index in [0.717, 1.165) is 66.5 Å². The normalized spacial score (nSPS) is 11.1. The van der Waals surface area contributed by atoms with E-state index < -0.39 is 0 Å². The van der Waals surface area contributed by atoms with Gasteiger partial charge in [0.15, 0.2) is 11.4 Å². The predicted molar refractivity (Wildman–Crippen MR) is 203 cm³/mol. The molecule has 5 nitrogen and oxygen atoms in total. The SMILES string of the molecule is [C-]#[N+]c1ccc2c(c1)c1cc(C#N)ccc1n2-c1ccccc1-c1c([N+]#[C-])cccc1-c1ccc(-n2c3ccccc3c3ccccc32)cc1. The largest absolute Gasteiger partial charge is 0.309 e. The van der Waals surface area contributed by atoms with Crippen molar-refractivity contribution in [2.24, 2.45) is 0 Å². The number of benzene rings is 7. The van der Waals surface area contributed by atoms with Gasteiger partial charge in [0.2, 0.25) is 0 Å². The summed E-state index contributed by atoms with van der Waals surface area (Å²) in [5.74, 6) is 0. The van der Waals surface area contributed by atoms with Gasteiger partial charge in [-0.3, -0.25) is 0 Å². The Balaban J connectivity index is 1.25. The van der Waals surface area contributed by atoms with Gasteiger partial charge in [-0.2, -0.15) is 5.26 Å². The molecule has 230 valence electrons. The zero-order chi connectivity index (χ0) is 33.8. The second kappa shape index (κ2) is 11.4. The van der Waals surface area contributed by atoms with Crippen molar-refractivity contribution in [2.75, 3.05) is 0 Å². The van der Waals surface area contributed by atoms with E-state index in [2.05, 4.69) is 116 Å². The van der Waals surface area contributed by atoms with Crippen LogP contribution in [0.1, 0.15) is 5.56 Å². The van der Waals surface area contributed by atoms with Crippen LogP contribution < -0.4 is 0 Å². The van der Waals surface area contributed by atoms with E-state index >= 15 is 0 Å². The Hall–Kier alpha value is -7.39. The first-order chi connectivity index (χ1) is 24.7. The number of para-hydroxylation sites is 3. The summed E-state index contributed by atoms with van der Waals surface area (Å²) in [4.78, 5) is 7.70. The number of fused-ring (bicyclic) bond motifs is 6. The summed E-state index contributed by atoms with van der Waals surface area (Å²) in [6.07, 6.45) is 0. The molecular formula is C45H25N5. The number of aromatic nitrogens is 2. The van der Waals surface area contributed by atoms with Crippen LogP contribution in [-0.2, 0) is 0 Å². The molecule has 0 fully saturated rings. The summed E-state index contributed by atoms with van der Waals surface area (Å²) in [6.45, 7) is 15.9. The number of nitrogens with zero attached hydrogens (tertiary/aromatic N) is 5. The zero-order valence-corrected chi connectivity index (χ0v) is 26.7. The van der Waals surface area contributed by atoms with Gasteiger partial charge in [0.05, 0.1) is 52.5 Å². The lowest BCUT2D eigenvalue weighted by molar-refractivity contribution is 1.18. The average Bonchev–Trinajstić information content (AvgIpc) is 3.69. The lowest BCUT2D eigenvalue weighted by Gasteiger charge is -2.18. The maximum Gasteiger partial charge on any atom is 0.195 e. The van der Waals surface area contributed by atoms with Gasteiger partial charge in [-0.25, -0.2) is 9.69 Å². The molecule has 50 heavy (non-hydrogen) atoms. The molecule has 0 bridgehead atoms. The molecule has 9 rings (SSSR count). The van der Waals surface area contributed by atoms with E-state index in [1.54, 1.807) is 0 Å². The molecule has 0 aliphatic rings. The highest BCUT2D eigenvalue weighted by atomic mass is 15.0. The summed E-state index contributed by atoms with van der Waals surface area (Å²) >= 11 is 0. The lowest BCUT2D eigenvalue weighted by atomic mass is 9.92. The van der Waals surface area contributed by atoms with Gasteiger partial charge in [-0.15, -0.1) is 0 Å². The van der Waals surface area contributed by atoms with Crippen molar-refractivity contribution < 1.29 is 0 Å². The van der Waals surface area contributed by atoms with Crippen LogP contribution in [-0.4, -0.2) is 9.13 Å². The van der Waals surface area contributed by atoms with Gasteiger partial charge < -0.3 is 9.13 Å². The van der Waals surface area contributed by atoms with E-state index in [1.165, 1.54) is 10.8 Å². The van der Waals surface area contributed by atoms with Crippen LogP contribution in [0.25, 0.3) is 86.9 Å². The van der Waals surface area contributed by atoms with Crippen LogP contribution >= 0.6 is 0 Å². The summed E-state index contributed by atoms with van der Waals surface area (Å²) in [5.41, 5.74) is 11.5. The van der Waals surface area contributed by atoms with Crippen LogP contribution in [0, 0.1) is 24.5 Å². The molecule has 0 saturated carbocycles. The first-order valence-electron chi connectivity index (χ1n) is 16.2. The molecular weight excluding hydrogens is 611 g/mol. The second-order valence-electron chi connectivity index (χ2n) is 12.2. The minimum absolute atomic E-state index is 0.539. The average molecular weight is 636 g/mol. The summed E-state index contributed by atoms with van der Waals surface area (Å²) in [7, 11) is 0. The van der Waals surface area contributed by atoms with Crippen molar-refractivity contribution in [1.29, 1.82) is 5.26 Å². The summed E-state index contributed by atoms with van der Waals surface area (Å²) in [5, 5.41) is 14.0. The predicted octanol–water partition coefficient (Wildman–Crippen LogP) is 12.2.